The van der Waals surface area contributed by atoms with Crippen molar-refractivity contribution in [1.82, 2.24) is 0 Å². The van der Waals surface area contributed by atoms with Crippen LogP contribution in [0.3, 0.4) is 0 Å². The fraction of sp³-hybridized carbons (Fsp3) is 0.364. The summed E-state index contributed by atoms with van der Waals surface area (Å²) in [6, 6.07) is 7.04. The van der Waals surface area contributed by atoms with Gasteiger partial charge in [-0.3, -0.25) is 4.79 Å². The summed E-state index contributed by atoms with van der Waals surface area (Å²) in [7, 11) is 0. The van der Waals surface area contributed by atoms with Crippen LogP contribution in [0.5, 0.6) is 0 Å². The van der Waals surface area contributed by atoms with Gasteiger partial charge in [-0.2, -0.15) is 0 Å². The highest BCUT2D eigenvalue weighted by Gasteiger charge is 2.05. The second kappa shape index (κ2) is 6.78. The zero-order chi connectivity index (χ0) is 12.0. The Morgan fingerprint density at radius 1 is 1.50 bits per heavy atom. The zero-order valence-electron chi connectivity index (χ0n) is 9.07. The van der Waals surface area contributed by atoms with Crippen LogP contribution in [0.15, 0.2) is 24.3 Å². The van der Waals surface area contributed by atoms with E-state index in [1.165, 1.54) is 0 Å². The molecule has 1 aromatic carbocycles. The van der Waals surface area contributed by atoms with Crippen LogP contribution < -0.4 is 11.1 Å². The molecule has 1 amide bonds. The van der Waals surface area contributed by atoms with E-state index in [-0.39, 0.29) is 5.91 Å². The molecular weight excluding hydrogens is 244 g/mol. The van der Waals surface area contributed by atoms with Crippen LogP contribution in [-0.2, 0) is 4.79 Å². The average Bonchev–Trinajstić information content (AvgIpc) is 2.29. The lowest BCUT2D eigenvalue weighted by Gasteiger charge is -2.08. The van der Waals surface area contributed by atoms with E-state index in [4.69, 9.17) is 17.3 Å². The first-order chi connectivity index (χ1) is 7.61. The predicted octanol–water partition coefficient (Wildman–Crippen LogP) is 2.36. The number of halogens is 1. The number of thioether (sulfide) groups is 1. The summed E-state index contributed by atoms with van der Waals surface area (Å²) in [6.07, 6.45) is 0. The smallest absolute Gasteiger partial charge is 0.234 e. The molecule has 3 nitrogen and oxygen atoms in total. The van der Waals surface area contributed by atoms with Crippen molar-refractivity contribution in [3.8, 4) is 0 Å². The number of nitrogens with one attached hydrogen (secondary N) is 1. The van der Waals surface area contributed by atoms with Gasteiger partial charge in [-0.15, -0.1) is 11.8 Å². The third kappa shape index (κ3) is 4.88. The number of rotatable bonds is 5. The van der Waals surface area contributed by atoms with E-state index in [1.807, 2.05) is 6.92 Å². The Hall–Kier alpha value is -0.710. The van der Waals surface area contributed by atoms with Crippen LogP contribution in [0.2, 0.25) is 5.02 Å². The highest BCUT2D eigenvalue weighted by Crippen LogP contribution is 2.14. The summed E-state index contributed by atoms with van der Waals surface area (Å²) < 4.78 is 0. The number of hydrogen-bond donors (Lipinski definition) is 2. The fourth-order valence-corrected chi connectivity index (χ4v) is 1.79. The quantitative estimate of drug-likeness (QED) is 0.853. The predicted molar refractivity (Wildman–Crippen MR) is 71.1 cm³/mol. The first-order valence-electron chi connectivity index (χ1n) is 4.99. The number of carbonyl (C=O) groups excluding carboxylic acids is 1. The number of nitrogens with two attached hydrogens (primary N) is 1. The minimum Gasteiger partial charge on any atom is -0.329 e. The Balaban J connectivity index is 2.37. The van der Waals surface area contributed by atoms with Crippen molar-refractivity contribution in [2.45, 2.75) is 12.2 Å². The second-order valence-electron chi connectivity index (χ2n) is 3.41. The van der Waals surface area contributed by atoms with E-state index in [0.29, 0.717) is 22.6 Å². The summed E-state index contributed by atoms with van der Waals surface area (Å²) in [4.78, 5) is 11.5. The molecule has 1 atom stereocenters. The molecule has 88 valence electrons. The van der Waals surface area contributed by atoms with Gasteiger partial charge < -0.3 is 11.1 Å². The Labute approximate surface area is 105 Å². The molecule has 1 aromatic rings. The van der Waals surface area contributed by atoms with Crippen molar-refractivity contribution in [3.05, 3.63) is 29.3 Å². The van der Waals surface area contributed by atoms with E-state index in [1.54, 1.807) is 36.0 Å². The lowest BCUT2D eigenvalue weighted by molar-refractivity contribution is -0.113. The third-order valence-electron chi connectivity index (χ3n) is 1.96. The summed E-state index contributed by atoms with van der Waals surface area (Å²) in [5.74, 6) is 0.397. The number of hydrogen-bond acceptors (Lipinski definition) is 3. The third-order valence-corrected chi connectivity index (χ3v) is 3.40. The molecule has 0 fully saturated rings. The van der Waals surface area contributed by atoms with Crippen molar-refractivity contribution >= 4 is 35.0 Å². The normalized spacial score (nSPS) is 12.2. The second-order valence-corrected chi connectivity index (χ2v) is 5.28. The van der Waals surface area contributed by atoms with Crippen molar-refractivity contribution in [2.75, 3.05) is 17.6 Å². The molecule has 0 spiro atoms. The van der Waals surface area contributed by atoms with Gasteiger partial charge in [0.15, 0.2) is 0 Å². The zero-order valence-corrected chi connectivity index (χ0v) is 10.6. The van der Waals surface area contributed by atoms with Gasteiger partial charge in [-0.05, 0) is 24.3 Å². The number of anilines is 1. The van der Waals surface area contributed by atoms with Crippen LogP contribution >= 0.6 is 23.4 Å². The largest absolute Gasteiger partial charge is 0.329 e. The van der Waals surface area contributed by atoms with Crippen LogP contribution in [0.4, 0.5) is 5.69 Å². The molecule has 0 saturated carbocycles. The summed E-state index contributed by atoms with van der Waals surface area (Å²) in [5.41, 5.74) is 6.22. The minimum absolute atomic E-state index is 0.0207. The Bertz CT molecular complexity index is 342. The van der Waals surface area contributed by atoms with Crippen molar-refractivity contribution < 1.29 is 4.79 Å². The molecular formula is C11H15ClN2OS. The van der Waals surface area contributed by atoms with E-state index in [0.717, 1.165) is 5.69 Å². The Morgan fingerprint density at radius 3 is 2.69 bits per heavy atom. The first kappa shape index (κ1) is 13.4. The molecule has 0 heterocycles. The van der Waals surface area contributed by atoms with Crippen molar-refractivity contribution in [2.24, 2.45) is 5.73 Å². The van der Waals surface area contributed by atoms with Gasteiger partial charge in [-0.1, -0.05) is 18.5 Å². The van der Waals surface area contributed by atoms with Gasteiger partial charge >= 0.3 is 0 Å². The molecule has 16 heavy (non-hydrogen) atoms. The highest BCUT2D eigenvalue weighted by atomic mass is 35.5. The van der Waals surface area contributed by atoms with Crippen LogP contribution in [0.25, 0.3) is 0 Å². The van der Waals surface area contributed by atoms with Crippen LogP contribution in [0, 0.1) is 0 Å². The number of benzene rings is 1. The SMILES string of the molecule is CC(CN)SCC(=O)Nc1ccc(Cl)cc1. The Morgan fingerprint density at radius 2 is 2.12 bits per heavy atom. The Kier molecular flexibility index (Phi) is 5.66. The molecule has 0 bridgehead atoms. The van der Waals surface area contributed by atoms with Gasteiger partial charge in [-0.25, -0.2) is 0 Å². The molecule has 5 heteroatoms. The van der Waals surface area contributed by atoms with Gasteiger partial charge in [0.25, 0.3) is 0 Å². The summed E-state index contributed by atoms with van der Waals surface area (Å²) >= 11 is 7.28. The molecule has 0 aromatic heterocycles. The molecule has 1 unspecified atom stereocenters. The number of amides is 1. The molecule has 3 N–H and O–H groups in total. The molecule has 0 saturated heterocycles. The maximum atomic E-state index is 11.5. The van der Waals surface area contributed by atoms with Crippen molar-refractivity contribution in [3.63, 3.8) is 0 Å². The molecule has 0 aliphatic heterocycles. The maximum Gasteiger partial charge on any atom is 0.234 e. The average molecular weight is 259 g/mol. The highest BCUT2D eigenvalue weighted by molar-refractivity contribution is 8.00. The van der Waals surface area contributed by atoms with Crippen molar-refractivity contribution in [1.29, 1.82) is 0 Å². The van der Waals surface area contributed by atoms with Gasteiger partial charge in [0, 0.05) is 22.5 Å². The standard InChI is InChI=1S/C11H15ClN2OS/c1-8(6-13)16-7-11(15)14-10-4-2-9(12)3-5-10/h2-5,8H,6-7,13H2,1H3,(H,14,15). The molecule has 0 aliphatic rings. The van der Waals surface area contributed by atoms with E-state index >= 15 is 0 Å². The first-order valence-corrected chi connectivity index (χ1v) is 6.41. The van der Waals surface area contributed by atoms with E-state index in [2.05, 4.69) is 5.32 Å². The lowest BCUT2D eigenvalue weighted by atomic mass is 10.3. The molecule has 0 aliphatic carbocycles. The fourth-order valence-electron chi connectivity index (χ4n) is 1.02. The topological polar surface area (TPSA) is 55.1 Å². The lowest BCUT2D eigenvalue weighted by Crippen LogP contribution is -2.19. The van der Waals surface area contributed by atoms with Gasteiger partial charge in [0.2, 0.25) is 5.91 Å². The van der Waals surface area contributed by atoms with Crippen LogP contribution in [0.1, 0.15) is 6.92 Å². The monoisotopic (exact) mass is 258 g/mol. The molecule has 0 radical (unpaired) electrons. The van der Waals surface area contributed by atoms with Gasteiger partial charge in [0.1, 0.15) is 0 Å². The van der Waals surface area contributed by atoms with E-state index < -0.39 is 0 Å². The summed E-state index contributed by atoms with van der Waals surface area (Å²) in [5, 5.41) is 3.75. The number of carbonyl (C=O) groups is 1. The minimum atomic E-state index is -0.0207. The van der Waals surface area contributed by atoms with Crippen LogP contribution in [-0.4, -0.2) is 23.5 Å². The summed E-state index contributed by atoms with van der Waals surface area (Å²) in [6.45, 7) is 2.58. The maximum absolute atomic E-state index is 11.5. The van der Waals surface area contributed by atoms with E-state index in [9.17, 15) is 4.79 Å². The molecule has 1 rings (SSSR count). The van der Waals surface area contributed by atoms with Gasteiger partial charge in [0.05, 0.1) is 5.75 Å².